The molecule has 0 fully saturated rings. The van der Waals surface area contributed by atoms with E-state index in [1.165, 1.54) is 0 Å². The number of nitrogens with zero attached hydrogens (tertiary/aromatic N) is 1. The maximum absolute atomic E-state index is 12.7. The number of nitrogens with one attached hydrogen (secondary N) is 1. The predicted octanol–water partition coefficient (Wildman–Crippen LogP) is 4.34. The van der Waals surface area contributed by atoms with Gasteiger partial charge in [0, 0.05) is 10.7 Å². The monoisotopic (exact) mass is 374 g/mol. The number of fused-ring (bicyclic) bond motifs is 1. The highest BCUT2D eigenvalue weighted by Gasteiger charge is 2.28. The summed E-state index contributed by atoms with van der Waals surface area (Å²) in [6, 6.07) is 11.4. The van der Waals surface area contributed by atoms with Crippen LogP contribution in [-0.2, 0) is 4.74 Å². The van der Waals surface area contributed by atoms with Gasteiger partial charge in [-0.15, -0.1) is 0 Å². The van der Waals surface area contributed by atoms with Gasteiger partial charge in [-0.2, -0.15) is 0 Å². The largest absolute Gasteiger partial charge is 0.487 e. The number of hydrogen-bond acceptors (Lipinski definition) is 4. The quantitative estimate of drug-likeness (QED) is 0.811. The molecule has 6 nitrogen and oxygen atoms in total. The van der Waals surface area contributed by atoms with Crippen molar-refractivity contribution in [1.29, 1.82) is 0 Å². The smallest absolute Gasteiger partial charge is 0.338 e. The van der Waals surface area contributed by atoms with Crippen molar-refractivity contribution in [2.45, 2.75) is 20.0 Å². The number of ether oxygens (including phenoxy) is 2. The lowest BCUT2D eigenvalue weighted by molar-refractivity contribution is 0.0526. The Hall–Kier alpha value is -2.73. The third kappa shape index (κ3) is 3.91. The van der Waals surface area contributed by atoms with Gasteiger partial charge in [0.05, 0.1) is 24.4 Å². The van der Waals surface area contributed by atoms with Crippen molar-refractivity contribution in [3.8, 4) is 5.75 Å². The Morgan fingerprint density at radius 2 is 2.00 bits per heavy atom. The Kier molecular flexibility index (Phi) is 5.32. The number of hydrogen-bond donors (Lipinski definition) is 1. The third-order valence-corrected chi connectivity index (χ3v) is 4.11. The van der Waals surface area contributed by atoms with Crippen LogP contribution in [0.2, 0.25) is 5.02 Å². The minimum absolute atomic E-state index is 0.138. The lowest BCUT2D eigenvalue weighted by atomic mass is 10.2. The molecule has 0 unspecified atom stereocenters. The summed E-state index contributed by atoms with van der Waals surface area (Å²) in [7, 11) is 0. The van der Waals surface area contributed by atoms with Crippen LogP contribution in [0.25, 0.3) is 0 Å². The Morgan fingerprint density at radius 1 is 1.27 bits per heavy atom. The highest BCUT2D eigenvalue weighted by atomic mass is 35.5. The van der Waals surface area contributed by atoms with Gasteiger partial charge in [0.25, 0.3) is 0 Å². The summed E-state index contributed by atoms with van der Waals surface area (Å²) in [6.07, 6.45) is -0.138. The van der Waals surface area contributed by atoms with E-state index in [-0.39, 0.29) is 12.1 Å². The molecule has 1 aliphatic heterocycles. The number of benzene rings is 2. The molecule has 7 heteroatoms. The number of halogens is 1. The molecule has 0 aromatic heterocycles. The fraction of sp³-hybridized carbons (Fsp3) is 0.263. The SMILES string of the molecule is CCOC(=O)c1ccc(NC(=O)N2C[C@@H](C)Oc3ccc(Cl)cc32)cc1. The van der Waals surface area contributed by atoms with Crippen molar-refractivity contribution in [2.24, 2.45) is 0 Å². The van der Waals surface area contributed by atoms with Crippen LogP contribution >= 0.6 is 11.6 Å². The average molecular weight is 375 g/mol. The number of esters is 1. The molecular formula is C19H19ClN2O4. The van der Waals surface area contributed by atoms with Gasteiger partial charge in [-0.3, -0.25) is 4.90 Å². The highest BCUT2D eigenvalue weighted by Crippen LogP contribution is 2.36. The van der Waals surface area contributed by atoms with E-state index >= 15 is 0 Å². The Morgan fingerprint density at radius 3 is 2.69 bits per heavy atom. The van der Waals surface area contributed by atoms with E-state index in [1.807, 2.05) is 6.92 Å². The van der Waals surface area contributed by atoms with Crippen molar-refractivity contribution >= 4 is 35.0 Å². The van der Waals surface area contributed by atoms with E-state index < -0.39 is 5.97 Å². The van der Waals surface area contributed by atoms with Crippen LogP contribution in [0, 0.1) is 0 Å². The Balaban J connectivity index is 1.76. The van der Waals surface area contributed by atoms with E-state index in [9.17, 15) is 9.59 Å². The van der Waals surface area contributed by atoms with Crippen molar-refractivity contribution < 1.29 is 19.1 Å². The van der Waals surface area contributed by atoms with Gasteiger partial charge in [0.2, 0.25) is 0 Å². The molecule has 2 amide bonds. The van der Waals surface area contributed by atoms with Gasteiger partial charge < -0.3 is 14.8 Å². The molecule has 0 bridgehead atoms. The number of carbonyl (C=O) groups excluding carboxylic acids is 2. The molecule has 1 N–H and O–H groups in total. The third-order valence-electron chi connectivity index (χ3n) is 3.87. The van der Waals surface area contributed by atoms with E-state index in [2.05, 4.69) is 5.32 Å². The molecule has 0 saturated carbocycles. The first-order valence-electron chi connectivity index (χ1n) is 8.30. The number of amides is 2. The first-order valence-corrected chi connectivity index (χ1v) is 8.67. The summed E-state index contributed by atoms with van der Waals surface area (Å²) in [5.74, 6) is 0.219. The standard InChI is InChI=1S/C19H19ClN2O4/c1-3-25-18(23)13-4-7-15(8-5-13)21-19(24)22-11-12(2)26-17-9-6-14(20)10-16(17)22/h4-10,12H,3,11H2,1-2H3,(H,21,24)/t12-/m1/s1. The van der Waals surface area contributed by atoms with E-state index in [0.717, 1.165) is 0 Å². The molecule has 3 rings (SSSR count). The highest BCUT2D eigenvalue weighted by molar-refractivity contribution is 6.31. The second-order valence-corrected chi connectivity index (χ2v) is 6.32. The van der Waals surface area contributed by atoms with Crippen molar-refractivity contribution in [1.82, 2.24) is 0 Å². The second kappa shape index (κ2) is 7.66. The lowest BCUT2D eigenvalue weighted by Gasteiger charge is -2.33. The zero-order valence-electron chi connectivity index (χ0n) is 14.5. The average Bonchev–Trinajstić information content (AvgIpc) is 2.62. The lowest BCUT2D eigenvalue weighted by Crippen LogP contribution is -2.44. The van der Waals surface area contributed by atoms with Crippen molar-refractivity contribution in [3.63, 3.8) is 0 Å². The fourth-order valence-corrected chi connectivity index (χ4v) is 2.86. The molecular weight excluding hydrogens is 356 g/mol. The van der Waals surface area contributed by atoms with Crippen LogP contribution in [0.15, 0.2) is 42.5 Å². The molecule has 1 atom stereocenters. The molecule has 26 heavy (non-hydrogen) atoms. The van der Waals surface area contributed by atoms with Crippen molar-refractivity contribution in [3.05, 3.63) is 53.1 Å². The van der Waals surface area contributed by atoms with Gasteiger partial charge >= 0.3 is 12.0 Å². The first kappa shape index (κ1) is 18.1. The van der Waals surface area contributed by atoms with Crippen molar-refractivity contribution in [2.75, 3.05) is 23.4 Å². The van der Waals surface area contributed by atoms with Crippen LogP contribution in [0.4, 0.5) is 16.2 Å². The van der Waals surface area contributed by atoms with E-state index in [0.29, 0.717) is 40.9 Å². The molecule has 2 aromatic rings. The Labute approximate surface area is 156 Å². The number of carbonyl (C=O) groups is 2. The summed E-state index contributed by atoms with van der Waals surface area (Å²) in [5, 5.41) is 3.35. The molecule has 0 aliphatic carbocycles. The van der Waals surface area contributed by atoms with E-state index in [4.69, 9.17) is 21.1 Å². The summed E-state index contributed by atoms with van der Waals surface area (Å²) >= 11 is 6.06. The van der Waals surface area contributed by atoms with Crippen LogP contribution in [-0.4, -0.2) is 31.3 Å². The van der Waals surface area contributed by atoms with Crippen LogP contribution in [0.3, 0.4) is 0 Å². The fourth-order valence-electron chi connectivity index (χ4n) is 2.70. The molecule has 0 radical (unpaired) electrons. The predicted molar refractivity (Wildman–Crippen MR) is 100 cm³/mol. The summed E-state index contributed by atoms with van der Waals surface area (Å²) in [4.78, 5) is 26.0. The zero-order valence-corrected chi connectivity index (χ0v) is 15.2. The maximum Gasteiger partial charge on any atom is 0.338 e. The molecule has 0 saturated heterocycles. The summed E-state index contributed by atoms with van der Waals surface area (Å²) < 4.78 is 10.7. The van der Waals surface area contributed by atoms with Gasteiger partial charge in [-0.05, 0) is 56.3 Å². The van der Waals surface area contributed by atoms with E-state index in [1.54, 1.807) is 54.3 Å². The first-order chi connectivity index (χ1) is 12.5. The van der Waals surface area contributed by atoms with Gasteiger partial charge in [0.15, 0.2) is 0 Å². The van der Waals surface area contributed by atoms with Crippen LogP contribution in [0.1, 0.15) is 24.2 Å². The summed E-state index contributed by atoms with van der Waals surface area (Å²) in [5.41, 5.74) is 1.63. The van der Waals surface area contributed by atoms with Crippen LogP contribution < -0.4 is 15.0 Å². The molecule has 2 aromatic carbocycles. The molecule has 1 heterocycles. The van der Waals surface area contributed by atoms with Gasteiger partial charge in [0.1, 0.15) is 11.9 Å². The molecule has 136 valence electrons. The number of urea groups is 1. The number of rotatable bonds is 3. The minimum Gasteiger partial charge on any atom is -0.487 e. The summed E-state index contributed by atoms with van der Waals surface area (Å²) in [6.45, 7) is 4.36. The topological polar surface area (TPSA) is 67.9 Å². The molecule has 1 aliphatic rings. The molecule has 0 spiro atoms. The second-order valence-electron chi connectivity index (χ2n) is 5.88. The number of anilines is 2. The normalized spacial score (nSPS) is 15.7. The van der Waals surface area contributed by atoms with Gasteiger partial charge in [-0.25, -0.2) is 9.59 Å². The Bertz CT molecular complexity index is 823. The van der Waals surface area contributed by atoms with Crippen LogP contribution in [0.5, 0.6) is 5.75 Å². The van der Waals surface area contributed by atoms with Gasteiger partial charge in [-0.1, -0.05) is 11.6 Å². The minimum atomic E-state index is -0.393. The maximum atomic E-state index is 12.7. The zero-order chi connectivity index (χ0) is 18.7.